The first-order valence-corrected chi connectivity index (χ1v) is 6.81. The Kier molecular flexibility index (Phi) is 3.98. The molecule has 19 heavy (non-hydrogen) atoms. The zero-order chi connectivity index (χ0) is 13.9. The molecular formula is C15H23N3O. The second kappa shape index (κ2) is 5.51. The molecule has 0 radical (unpaired) electrons. The van der Waals surface area contributed by atoms with Gasteiger partial charge in [0.2, 0.25) is 5.88 Å². The van der Waals surface area contributed by atoms with Crippen molar-refractivity contribution in [3.8, 4) is 5.88 Å². The van der Waals surface area contributed by atoms with E-state index in [-0.39, 0.29) is 5.60 Å². The molecule has 2 rings (SSSR count). The monoisotopic (exact) mass is 261 g/mol. The molecule has 0 aromatic carbocycles. The Hall–Kier alpha value is -1.71. The van der Waals surface area contributed by atoms with E-state index in [1.54, 1.807) is 0 Å². The maximum Gasteiger partial charge on any atom is 0.239 e. The van der Waals surface area contributed by atoms with Crippen LogP contribution in [0.5, 0.6) is 5.88 Å². The number of nitrogens with zero attached hydrogens (tertiary/aromatic N) is 1. The maximum atomic E-state index is 5.90. The summed E-state index contributed by atoms with van der Waals surface area (Å²) in [5.41, 5.74) is 6.18. The third-order valence-corrected chi connectivity index (χ3v) is 2.91. The number of aromatic nitrogens is 1. The molecule has 0 spiro atoms. The fraction of sp³-hybridized carbons (Fsp3) is 0.533. The van der Waals surface area contributed by atoms with Crippen molar-refractivity contribution in [1.82, 2.24) is 4.98 Å². The lowest BCUT2D eigenvalue weighted by molar-refractivity contribution is 0.125. The first-order chi connectivity index (χ1) is 8.94. The smallest absolute Gasteiger partial charge is 0.239 e. The highest BCUT2D eigenvalue weighted by atomic mass is 16.5. The highest BCUT2D eigenvalue weighted by Crippen LogP contribution is 2.26. The molecule has 0 aliphatic heterocycles. The molecule has 0 saturated carbocycles. The minimum atomic E-state index is -0.298. The largest absolute Gasteiger partial charge is 0.470 e. The van der Waals surface area contributed by atoms with Gasteiger partial charge in [-0.3, -0.25) is 0 Å². The second-order valence-electron chi connectivity index (χ2n) is 5.93. The van der Waals surface area contributed by atoms with Gasteiger partial charge in [-0.15, -0.1) is 0 Å². The molecule has 0 saturated heterocycles. The summed E-state index contributed by atoms with van der Waals surface area (Å²) in [5, 5.41) is 3.44. The highest BCUT2D eigenvalue weighted by Gasteiger charge is 2.16. The Labute approximate surface area is 115 Å². The van der Waals surface area contributed by atoms with E-state index in [1.807, 2.05) is 32.9 Å². The van der Waals surface area contributed by atoms with Gasteiger partial charge in [0.15, 0.2) is 0 Å². The van der Waals surface area contributed by atoms with Gasteiger partial charge in [0.1, 0.15) is 11.4 Å². The molecule has 0 fully saturated rings. The molecule has 1 unspecified atom stereocenters. The number of rotatable bonds is 3. The summed E-state index contributed by atoms with van der Waals surface area (Å²) >= 11 is 0. The summed E-state index contributed by atoms with van der Waals surface area (Å²) < 4.78 is 5.77. The molecule has 1 atom stereocenters. The lowest BCUT2D eigenvalue weighted by Crippen LogP contribution is -2.25. The number of hydrogen-bond acceptors (Lipinski definition) is 4. The zero-order valence-electron chi connectivity index (χ0n) is 11.9. The topological polar surface area (TPSA) is 60.2 Å². The van der Waals surface area contributed by atoms with Crippen LogP contribution in [0.15, 0.2) is 24.3 Å². The molecule has 1 aliphatic rings. The maximum absolute atomic E-state index is 5.90. The Morgan fingerprint density at radius 3 is 2.74 bits per heavy atom. The first-order valence-electron chi connectivity index (χ1n) is 6.81. The number of pyridine rings is 1. The fourth-order valence-electron chi connectivity index (χ4n) is 2.04. The van der Waals surface area contributed by atoms with E-state index in [2.05, 4.69) is 22.5 Å². The quantitative estimate of drug-likeness (QED) is 0.819. The molecule has 0 amide bonds. The van der Waals surface area contributed by atoms with Gasteiger partial charge >= 0.3 is 0 Å². The second-order valence-corrected chi connectivity index (χ2v) is 5.93. The van der Waals surface area contributed by atoms with Crippen molar-refractivity contribution in [1.29, 1.82) is 0 Å². The molecule has 104 valence electrons. The number of nitrogen functional groups attached to an aromatic ring is 1. The van der Waals surface area contributed by atoms with E-state index in [1.165, 1.54) is 0 Å². The minimum Gasteiger partial charge on any atom is -0.470 e. The lowest BCUT2D eigenvalue weighted by Gasteiger charge is -2.23. The number of ether oxygens (including phenoxy) is 1. The van der Waals surface area contributed by atoms with Gasteiger partial charge in [0.25, 0.3) is 0 Å². The molecule has 4 heteroatoms. The van der Waals surface area contributed by atoms with Crippen molar-refractivity contribution in [2.75, 3.05) is 11.1 Å². The summed E-state index contributed by atoms with van der Waals surface area (Å²) in [4.78, 5) is 4.47. The molecule has 1 heterocycles. The molecule has 0 bridgehead atoms. The molecule has 1 aromatic rings. The SMILES string of the molecule is CC(C)(C)Oc1nc(NC2CC=CCC2)ccc1N. The summed E-state index contributed by atoms with van der Waals surface area (Å²) in [7, 11) is 0. The normalized spacial score (nSPS) is 19.2. The third kappa shape index (κ3) is 4.16. The first kappa shape index (κ1) is 13.7. The predicted molar refractivity (Wildman–Crippen MR) is 79.4 cm³/mol. The van der Waals surface area contributed by atoms with Gasteiger partial charge < -0.3 is 15.8 Å². The van der Waals surface area contributed by atoms with E-state index in [4.69, 9.17) is 10.5 Å². The number of anilines is 2. The summed E-state index contributed by atoms with van der Waals surface area (Å²) in [6.45, 7) is 5.96. The molecule has 1 aromatic heterocycles. The van der Waals surface area contributed by atoms with Gasteiger partial charge in [-0.05, 0) is 52.2 Å². The van der Waals surface area contributed by atoms with Crippen LogP contribution in [0.4, 0.5) is 11.5 Å². The highest BCUT2D eigenvalue weighted by molar-refractivity contribution is 5.54. The van der Waals surface area contributed by atoms with Crippen LogP contribution in [0, 0.1) is 0 Å². The van der Waals surface area contributed by atoms with E-state index in [0.717, 1.165) is 25.1 Å². The average molecular weight is 261 g/mol. The Bertz CT molecular complexity index is 463. The molecule has 3 N–H and O–H groups in total. The van der Waals surface area contributed by atoms with Crippen LogP contribution in [0.2, 0.25) is 0 Å². The molecular weight excluding hydrogens is 238 g/mol. The van der Waals surface area contributed by atoms with Crippen molar-refractivity contribution in [2.24, 2.45) is 0 Å². The van der Waals surface area contributed by atoms with E-state index in [0.29, 0.717) is 17.6 Å². The minimum absolute atomic E-state index is 0.298. The van der Waals surface area contributed by atoms with Crippen LogP contribution in [0.25, 0.3) is 0 Å². The third-order valence-electron chi connectivity index (χ3n) is 2.91. The number of allylic oxidation sites excluding steroid dienone is 1. The summed E-state index contributed by atoms with van der Waals surface area (Å²) in [6, 6.07) is 4.20. The standard InChI is InChI=1S/C15H23N3O/c1-15(2,3)19-14-12(16)9-10-13(18-14)17-11-7-5-4-6-8-11/h4-5,9-11H,6-8,16H2,1-3H3,(H,17,18). The fourth-order valence-corrected chi connectivity index (χ4v) is 2.04. The van der Waals surface area contributed by atoms with Crippen LogP contribution >= 0.6 is 0 Å². The van der Waals surface area contributed by atoms with Crippen LogP contribution in [0.3, 0.4) is 0 Å². The van der Waals surface area contributed by atoms with Crippen LogP contribution in [-0.4, -0.2) is 16.6 Å². The van der Waals surface area contributed by atoms with Crippen molar-refractivity contribution < 1.29 is 4.74 Å². The van der Waals surface area contributed by atoms with Crippen molar-refractivity contribution in [3.05, 3.63) is 24.3 Å². The molecule has 1 aliphatic carbocycles. The van der Waals surface area contributed by atoms with Crippen LogP contribution in [0.1, 0.15) is 40.0 Å². The van der Waals surface area contributed by atoms with Gasteiger partial charge in [0.05, 0.1) is 5.69 Å². The average Bonchev–Trinajstić information content (AvgIpc) is 2.33. The Balaban J connectivity index is 2.09. The summed E-state index contributed by atoms with van der Waals surface area (Å²) in [6.07, 6.45) is 7.74. The molecule has 4 nitrogen and oxygen atoms in total. The van der Waals surface area contributed by atoms with Crippen molar-refractivity contribution in [2.45, 2.75) is 51.7 Å². The van der Waals surface area contributed by atoms with Crippen LogP contribution < -0.4 is 15.8 Å². The van der Waals surface area contributed by atoms with Gasteiger partial charge in [0, 0.05) is 6.04 Å². The number of nitrogens with two attached hydrogens (primary N) is 1. The van der Waals surface area contributed by atoms with Gasteiger partial charge in [-0.1, -0.05) is 12.2 Å². The Morgan fingerprint density at radius 2 is 2.11 bits per heavy atom. The van der Waals surface area contributed by atoms with E-state index in [9.17, 15) is 0 Å². The van der Waals surface area contributed by atoms with Crippen molar-refractivity contribution in [3.63, 3.8) is 0 Å². The van der Waals surface area contributed by atoms with E-state index >= 15 is 0 Å². The van der Waals surface area contributed by atoms with Gasteiger partial charge in [-0.2, -0.15) is 4.98 Å². The lowest BCUT2D eigenvalue weighted by atomic mass is 10.0. The zero-order valence-corrected chi connectivity index (χ0v) is 11.9. The number of nitrogens with one attached hydrogen (secondary N) is 1. The van der Waals surface area contributed by atoms with E-state index < -0.39 is 0 Å². The van der Waals surface area contributed by atoms with Crippen LogP contribution in [-0.2, 0) is 0 Å². The summed E-state index contributed by atoms with van der Waals surface area (Å²) in [5.74, 6) is 1.33. The number of hydrogen-bond donors (Lipinski definition) is 2. The Morgan fingerprint density at radius 1 is 1.32 bits per heavy atom. The van der Waals surface area contributed by atoms with Crippen molar-refractivity contribution >= 4 is 11.5 Å². The van der Waals surface area contributed by atoms with Gasteiger partial charge in [-0.25, -0.2) is 0 Å². The predicted octanol–water partition coefficient (Wildman–Crippen LogP) is 3.36.